The Labute approximate surface area is 82.2 Å². The third-order valence-corrected chi connectivity index (χ3v) is 2.27. The molecule has 76 valence electrons. The molecule has 0 bridgehead atoms. The second-order valence-corrected chi connectivity index (χ2v) is 3.52. The van der Waals surface area contributed by atoms with E-state index >= 15 is 0 Å². The van der Waals surface area contributed by atoms with Crippen LogP contribution in [0.4, 0.5) is 0 Å². The van der Waals surface area contributed by atoms with Crippen molar-refractivity contribution in [1.82, 2.24) is 25.5 Å². The summed E-state index contributed by atoms with van der Waals surface area (Å²) in [6.07, 6.45) is 2.86. The van der Waals surface area contributed by atoms with Crippen LogP contribution in [0.25, 0.3) is 0 Å². The van der Waals surface area contributed by atoms with Gasteiger partial charge in [0.15, 0.2) is 5.82 Å². The molecular formula is C8H14N6. The molecule has 6 heteroatoms. The molecular weight excluding hydrogens is 180 g/mol. The molecule has 1 aliphatic heterocycles. The van der Waals surface area contributed by atoms with E-state index in [1.807, 2.05) is 7.05 Å². The van der Waals surface area contributed by atoms with Crippen LogP contribution in [0.2, 0.25) is 0 Å². The van der Waals surface area contributed by atoms with E-state index in [1.165, 1.54) is 5.57 Å². The molecule has 0 spiro atoms. The van der Waals surface area contributed by atoms with Crippen molar-refractivity contribution < 1.29 is 0 Å². The molecule has 3 N–H and O–H groups in total. The van der Waals surface area contributed by atoms with E-state index in [2.05, 4.69) is 26.9 Å². The molecule has 1 aromatic heterocycles. The number of tetrazole rings is 1. The van der Waals surface area contributed by atoms with Gasteiger partial charge in [0.1, 0.15) is 0 Å². The molecule has 1 unspecified atom stereocenters. The maximum Gasteiger partial charge on any atom is 0.155 e. The third kappa shape index (κ3) is 1.97. The Balaban J connectivity index is 2.07. The minimum absolute atomic E-state index is 0.111. The van der Waals surface area contributed by atoms with Gasteiger partial charge >= 0.3 is 0 Å². The highest BCUT2D eigenvalue weighted by molar-refractivity contribution is 5.16. The highest BCUT2D eigenvalue weighted by atomic mass is 15.5. The normalized spacial score (nSPS) is 22.1. The van der Waals surface area contributed by atoms with E-state index in [-0.39, 0.29) is 6.04 Å². The Hall–Kier alpha value is -1.27. The van der Waals surface area contributed by atoms with E-state index in [9.17, 15) is 0 Å². The van der Waals surface area contributed by atoms with Crippen molar-refractivity contribution in [2.45, 2.75) is 12.5 Å². The lowest BCUT2D eigenvalue weighted by Gasteiger charge is -2.18. The van der Waals surface area contributed by atoms with E-state index < -0.39 is 0 Å². The van der Waals surface area contributed by atoms with Crippen LogP contribution < -0.4 is 11.1 Å². The average molecular weight is 194 g/mol. The summed E-state index contributed by atoms with van der Waals surface area (Å²) in [5, 5.41) is 14.5. The summed E-state index contributed by atoms with van der Waals surface area (Å²) < 4.78 is 1.68. The number of aryl methyl sites for hydroxylation is 1. The quantitative estimate of drug-likeness (QED) is 0.566. The zero-order valence-electron chi connectivity index (χ0n) is 8.14. The number of hydrogen-bond donors (Lipinski definition) is 2. The van der Waals surface area contributed by atoms with Gasteiger partial charge in [0.2, 0.25) is 0 Å². The zero-order chi connectivity index (χ0) is 9.97. The van der Waals surface area contributed by atoms with E-state index in [0.29, 0.717) is 0 Å². The Morgan fingerprint density at radius 1 is 1.71 bits per heavy atom. The highest BCUT2D eigenvalue weighted by Gasteiger charge is 2.11. The maximum atomic E-state index is 5.79. The number of aromatic nitrogens is 4. The monoisotopic (exact) mass is 194 g/mol. The summed E-state index contributed by atoms with van der Waals surface area (Å²) in [6.45, 7) is 1.72. The molecule has 1 atom stereocenters. The first-order chi connectivity index (χ1) is 6.75. The molecule has 14 heavy (non-hydrogen) atoms. The smallest absolute Gasteiger partial charge is 0.155 e. The number of rotatable bonds is 2. The van der Waals surface area contributed by atoms with E-state index in [1.54, 1.807) is 4.68 Å². The van der Waals surface area contributed by atoms with Crippen molar-refractivity contribution in [2.24, 2.45) is 12.8 Å². The van der Waals surface area contributed by atoms with Crippen molar-refractivity contribution in [3.63, 3.8) is 0 Å². The zero-order valence-corrected chi connectivity index (χ0v) is 8.14. The van der Waals surface area contributed by atoms with Gasteiger partial charge in [0.25, 0.3) is 0 Å². The minimum Gasteiger partial charge on any atom is -0.323 e. The average Bonchev–Trinajstić information content (AvgIpc) is 2.52. The molecule has 0 aliphatic carbocycles. The lowest BCUT2D eigenvalue weighted by atomic mass is 10.1. The lowest BCUT2D eigenvalue weighted by molar-refractivity contribution is 0.615. The standard InChI is InChI=1S/C8H14N6/c1-14-8(11-12-13-14)3-6-2-7(9)5-10-4-6/h2,7,10H,3-5,9H2,1H3. The summed E-state index contributed by atoms with van der Waals surface area (Å²) in [5.74, 6) is 0.868. The topological polar surface area (TPSA) is 81.7 Å². The van der Waals surface area contributed by atoms with Gasteiger partial charge in [-0.25, -0.2) is 4.68 Å². The Morgan fingerprint density at radius 3 is 3.21 bits per heavy atom. The van der Waals surface area contributed by atoms with E-state index in [0.717, 1.165) is 25.3 Å². The van der Waals surface area contributed by atoms with Gasteiger partial charge in [0.05, 0.1) is 0 Å². The number of nitrogens with one attached hydrogen (secondary N) is 1. The van der Waals surface area contributed by atoms with Crippen LogP contribution in [0.1, 0.15) is 5.82 Å². The van der Waals surface area contributed by atoms with Gasteiger partial charge in [0, 0.05) is 32.6 Å². The molecule has 2 heterocycles. The fourth-order valence-electron chi connectivity index (χ4n) is 1.54. The van der Waals surface area contributed by atoms with Crippen LogP contribution >= 0.6 is 0 Å². The van der Waals surface area contributed by atoms with Crippen molar-refractivity contribution >= 4 is 0 Å². The fourth-order valence-corrected chi connectivity index (χ4v) is 1.54. The first-order valence-corrected chi connectivity index (χ1v) is 4.63. The van der Waals surface area contributed by atoms with Gasteiger partial charge in [-0.15, -0.1) is 5.10 Å². The fraction of sp³-hybridized carbons (Fsp3) is 0.625. The molecule has 2 rings (SSSR count). The summed E-state index contributed by atoms with van der Waals surface area (Å²) in [5.41, 5.74) is 7.05. The first kappa shape index (κ1) is 9.29. The van der Waals surface area contributed by atoms with Crippen LogP contribution in [0.3, 0.4) is 0 Å². The van der Waals surface area contributed by atoms with Crippen molar-refractivity contribution in [3.8, 4) is 0 Å². The predicted octanol–water partition coefficient (Wildman–Crippen LogP) is -1.39. The van der Waals surface area contributed by atoms with Gasteiger partial charge < -0.3 is 11.1 Å². The van der Waals surface area contributed by atoms with Crippen LogP contribution in [0.5, 0.6) is 0 Å². The largest absolute Gasteiger partial charge is 0.323 e. The lowest BCUT2D eigenvalue weighted by Crippen LogP contribution is -2.38. The van der Waals surface area contributed by atoms with Crippen molar-refractivity contribution in [2.75, 3.05) is 13.1 Å². The molecule has 6 nitrogen and oxygen atoms in total. The summed E-state index contributed by atoms with van der Waals surface area (Å²) in [7, 11) is 1.84. The van der Waals surface area contributed by atoms with Crippen LogP contribution in [-0.4, -0.2) is 39.3 Å². The Bertz CT molecular complexity index is 341. The number of nitrogens with zero attached hydrogens (tertiary/aromatic N) is 4. The Morgan fingerprint density at radius 2 is 2.57 bits per heavy atom. The molecule has 0 saturated heterocycles. The number of hydrogen-bond acceptors (Lipinski definition) is 5. The third-order valence-electron chi connectivity index (χ3n) is 2.27. The summed E-state index contributed by atoms with van der Waals surface area (Å²) in [4.78, 5) is 0. The molecule has 0 aromatic carbocycles. The molecule has 1 aliphatic rings. The van der Waals surface area contributed by atoms with Crippen LogP contribution in [-0.2, 0) is 13.5 Å². The second kappa shape index (κ2) is 3.85. The summed E-state index contributed by atoms with van der Waals surface area (Å²) >= 11 is 0. The van der Waals surface area contributed by atoms with Gasteiger partial charge in [-0.2, -0.15) is 0 Å². The van der Waals surface area contributed by atoms with Gasteiger partial charge in [-0.05, 0) is 10.4 Å². The Kier molecular flexibility index (Phi) is 2.55. The minimum atomic E-state index is 0.111. The van der Waals surface area contributed by atoms with Crippen LogP contribution in [0, 0.1) is 0 Å². The van der Waals surface area contributed by atoms with Crippen molar-refractivity contribution in [3.05, 3.63) is 17.5 Å². The maximum absolute atomic E-state index is 5.79. The second-order valence-electron chi connectivity index (χ2n) is 3.52. The summed E-state index contributed by atoms with van der Waals surface area (Å²) in [6, 6.07) is 0.111. The highest BCUT2D eigenvalue weighted by Crippen LogP contribution is 2.06. The SMILES string of the molecule is Cn1nnnc1CC1=CC(N)CNC1. The number of nitrogens with two attached hydrogens (primary N) is 1. The molecule has 0 fully saturated rings. The molecule has 0 amide bonds. The molecule has 0 saturated carbocycles. The first-order valence-electron chi connectivity index (χ1n) is 4.63. The van der Waals surface area contributed by atoms with Crippen molar-refractivity contribution in [1.29, 1.82) is 0 Å². The molecule has 1 aromatic rings. The predicted molar refractivity (Wildman–Crippen MR) is 51.4 cm³/mol. The van der Waals surface area contributed by atoms with Gasteiger partial charge in [-0.1, -0.05) is 11.6 Å². The molecule has 0 radical (unpaired) electrons. The van der Waals surface area contributed by atoms with E-state index in [4.69, 9.17) is 5.73 Å². The van der Waals surface area contributed by atoms with Gasteiger partial charge in [-0.3, -0.25) is 0 Å². The van der Waals surface area contributed by atoms with Crippen LogP contribution in [0.15, 0.2) is 11.6 Å².